The number of hydrogen-bond donors (Lipinski definition) is 2. The van der Waals surface area contributed by atoms with E-state index < -0.39 is 0 Å². The minimum Gasteiger partial charge on any atom is -0.296 e. The van der Waals surface area contributed by atoms with Crippen molar-refractivity contribution in [3.05, 3.63) is 53.9 Å². The Morgan fingerprint density at radius 1 is 1.17 bits per heavy atom. The Hall–Kier alpha value is -1.98. The molecule has 1 heterocycles. The maximum absolute atomic E-state index is 5.28. The first-order valence-corrected chi connectivity index (χ1v) is 5.79. The van der Waals surface area contributed by atoms with Gasteiger partial charge in [0.25, 0.3) is 0 Å². The zero-order chi connectivity index (χ0) is 12.8. The number of nitrogen functional groups attached to an aromatic ring is 1. The van der Waals surface area contributed by atoms with Gasteiger partial charge in [0.1, 0.15) is 0 Å². The minimum absolute atomic E-state index is 0.445. The molecule has 2 aromatic rings. The van der Waals surface area contributed by atoms with Gasteiger partial charge in [-0.15, -0.1) is 0 Å². The summed E-state index contributed by atoms with van der Waals surface area (Å²) in [4.78, 5) is 10.5. The van der Waals surface area contributed by atoms with Gasteiger partial charge in [0, 0.05) is 19.3 Å². The summed E-state index contributed by atoms with van der Waals surface area (Å²) in [6, 6.07) is 12.2. The number of nitrogens with two attached hydrogens (primary N) is 1. The van der Waals surface area contributed by atoms with E-state index in [2.05, 4.69) is 39.5 Å². The van der Waals surface area contributed by atoms with Crippen LogP contribution in [0.1, 0.15) is 11.3 Å². The topological polar surface area (TPSA) is 67.1 Å². The quantitative estimate of drug-likeness (QED) is 0.613. The van der Waals surface area contributed by atoms with Crippen LogP contribution in [-0.2, 0) is 13.1 Å². The van der Waals surface area contributed by atoms with Crippen molar-refractivity contribution < 1.29 is 0 Å². The summed E-state index contributed by atoms with van der Waals surface area (Å²) in [5.41, 5.74) is 4.67. The van der Waals surface area contributed by atoms with E-state index in [0.717, 1.165) is 18.8 Å². The minimum atomic E-state index is 0.445. The van der Waals surface area contributed by atoms with Crippen LogP contribution in [0, 0.1) is 0 Å². The van der Waals surface area contributed by atoms with Gasteiger partial charge in [0.05, 0.1) is 5.69 Å². The van der Waals surface area contributed by atoms with Crippen LogP contribution in [0.5, 0.6) is 0 Å². The molecule has 0 aliphatic carbocycles. The van der Waals surface area contributed by atoms with Gasteiger partial charge in [-0.2, -0.15) is 0 Å². The van der Waals surface area contributed by atoms with Crippen molar-refractivity contribution in [3.63, 3.8) is 0 Å². The van der Waals surface area contributed by atoms with E-state index >= 15 is 0 Å². The number of benzene rings is 1. The Balaban J connectivity index is 1.96. The number of aromatic nitrogens is 2. The largest absolute Gasteiger partial charge is 0.296 e. The third-order valence-corrected chi connectivity index (χ3v) is 2.57. The monoisotopic (exact) mass is 243 g/mol. The summed E-state index contributed by atoms with van der Waals surface area (Å²) in [6.07, 6.45) is 1.70. The van der Waals surface area contributed by atoms with Crippen LogP contribution >= 0.6 is 0 Å². The van der Waals surface area contributed by atoms with Gasteiger partial charge in [0.2, 0.25) is 5.95 Å². The molecule has 2 rings (SSSR count). The average Bonchev–Trinajstić information content (AvgIpc) is 2.40. The summed E-state index contributed by atoms with van der Waals surface area (Å²) < 4.78 is 0. The number of hydrazine groups is 1. The lowest BCUT2D eigenvalue weighted by atomic mass is 10.2. The fourth-order valence-corrected chi connectivity index (χ4v) is 1.78. The van der Waals surface area contributed by atoms with Crippen LogP contribution in [0.2, 0.25) is 0 Å². The van der Waals surface area contributed by atoms with Crippen LogP contribution in [0.3, 0.4) is 0 Å². The van der Waals surface area contributed by atoms with Gasteiger partial charge >= 0.3 is 0 Å². The Morgan fingerprint density at radius 3 is 2.67 bits per heavy atom. The van der Waals surface area contributed by atoms with Gasteiger partial charge in [-0.3, -0.25) is 10.3 Å². The van der Waals surface area contributed by atoms with Gasteiger partial charge in [-0.1, -0.05) is 30.3 Å². The van der Waals surface area contributed by atoms with Crippen LogP contribution in [-0.4, -0.2) is 21.9 Å². The lowest BCUT2D eigenvalue weighted by molar-refractivity contribution is 0.315. The molecule has 0 atom stereocenters. The lowest BCUT2D eigenvalue weighted by Gasteiger charge is -2.16. The Labute approximate surface area is 107 Å². The van der Waals surface area contributed by atoms with Crippen LogP contribution in [0.25, 0.3) is 0 Å². The van der Waals surface area contributed by atoms with E-state index in [0.29, 0.717) is 5.95 Å². The standard InChI is InChI=1S/C13H17N5/c1-18(9-11-5-3-2-4-6-11)10-12-7-8-15-13(16-12)17-14/h2-8H,9-10,14H2,1H3,(H,15,16,17). The lowest BCUT2D eigenvalue weighted by Crippen LogP contribution is -2.19. The van der Waals surface area contributed by atoms with Crippen molar-refractivity contribution >= 4 is 5.95 Å². The van der Waals surface area contributed by atoms with Crippen molar-refractivity contribution in [2.24, 2.45) is 5.84 Å². The molecule has 0 fully saturated rings. The SMILES string of the molecule is CN(Cc1ccccc1)Cc1ccnc(NN)n1. The average molecular weight is 243 g/mol. The summed E-state index contributed by atoms with van der Waals surface area (Å²) in [5.74, 6) is 5.73. The molecular formula is C13H17N5. The Bertz CT molecular complexity index is 486. The maximum Gasteiger partial charge on any atom is 0.237 e. The van der Waals surface area contributed by atoms with Crippen molar-refractivity contribution in [1.82, 2.24) is 14.9 Å². The molecule has 0 unspecified atom stereocenters. The highest BCUT2D eigenvalue weighted by molar-refractivity contribution is 5.22. The second kappa shape index (κ2) is 6.09. The van der Waals surface area contributed by atoms with Crippen molar-refractivity contribution in [1.29, 1.82) is 0 Å². The molecule has 0 aliphatic rings. The number of anilines is 1. The van der Waals surface area contributed by atoms with Gasteiger partial charge in [-0.25, -0.2) is 15.8 Å². The predicted molar refractivity (Wildman–Crippen MR) is 71.5 cm³/mol. The zero-order valence-corrected chi connectivity index (χ0v) is 10.4. The van der Waals surface area contributed by atoms with Crippen LogP contribution < -0.4 is 11.3 Å². The van der Waals surface area contributed by atoms with E-state index in [1.165, 1.54) is 5.56 Å². The first-order chi connectivity index (χ1) is 8.78. The highest BCUT2D eigenvalue weighted by atomic mass is 15.3. The molecule has 0 amide bonds. The smallest absolute Gasteiger partial charge is 0.237 e. The third-order valence-electron chi connectivity index (χ3n) is 2.57. The molecule has 18 heavy (non-hydrogen) atoms. The van der Waals surface area contributed by atoms with Crippen molar-refractivity contribution in [2.75, 3.05) is 12.5 Å². The number of hydrogen-bond acceptors (Lipinski definition) is 5. The van der Waals surface area contributed by atoms with E-state index in [1.807, 2.05) is 24.3 Å². The highest BCUT2D eigenvalue weighted by Crippen LogP contribution is 2.07. The Kier molecular flexibility index (Phi) is 4.22. The molecule has 1 aromatic carbocycles. The van der Waals surface area contributed by atoms with Gasteiger partial charge in [-0.05, 0) is 18.7 Å². The van der Waals surface area contributed by atoms with Crippen molar-refractivity contribution in [2.45, 2.75) is 13.1 Å². The van der Waals surface area contributed by atoms with E-state index in [1.54, 1.807) is 6.20 Å². The molecule has 0 aliphatic heterocycles. The van der Waals surface area contributed by atoms with E-state index in [9.17, 15) is 0 Å². The maximum atomic E-state index is 5.28. The molecule has 94 valence electrons. The van der Waals surface area contributed by atoms with E-state index in [-0.39, 0.29) is 0 Å². The predicted octanol–water partition coefficient (Wildman–Crippen LogP) is 1.39. The van der Waals surface area contributed by atoms with Crippen molar-refractivity contribution in [3.8, 4) is 0 Å². The highest BCUT2D eigenvalue weighted by Gasteiger charge is 2.03. The molecule has 3 N–H and O–H groups in total. The fourth-order valence-electron chi connectivity index (χ4n) is 1.78. The molecule has 1 aromatic heterocycles. The molecule has 0 bridgehead atoms. The normalized spacial score (nSPS) is 10.6. The van der Waals surface area contributed by atoms with Gasteiger partial charge in [0.15, 0.2) is 0 Å². The number of nitrogens with zero attached hydrogens (tertiary/aromatic N) is 3. The molecule has 5 heteroatoms. The number of rotatable bonds is 5. The zero-order valence-electron chi connectivity index (χ0n) is 10.4. The summed E-state index contributed by atoms with van der Waals surface area (Å²) >= 11 is 0. The molecule has 0 radical (unpaired) electrons. The third kappa shape index (κ3) is 3.51. The molecule has 0 saturated heterocycles. The first kappa shape index (κ1) is 12.5. The first-order valence-electron chi connectivity index (χ1n) is 5.79. The Morgan fingerprint density at radius 2 is 1.94 bits per heavy atom. The summed E-state index contributed by atoms with van der Waals surface area (Å²) in [5, 5.41) is 0. The molecule has 5 nitrogen and oxygen atoms in total. The van der Waals surface area contributed by atoms with Crippen LogP contribution in [0.15, 0.2) is 42.6 Å². The second-order valence-electron chi connectivity index (χ2n) is 4.17. The summed E-state index contributed by atoms with van der Waals surface area (Å²) in [7, 11) is 2.06. The van der Waals surface area contributed by atoms with E-state index in [4.69, 9.17) is 5.84 Å². The van der Waals surface area contributed by atoms with Gasteiger partial charge < -0.3 is 0 Å². The second-order valence-corrected chi connectivity index (χ2v) is 4.17. The molecule has 0 spiro atoms. The molecule has 0 saturated carbocycles. The molecular weight excluding hydrogens is 226 g/mol. The summed E-state index contributed by atoms with van der Waals surface area (Å²) in [6.45, 7) is 1.64. The fraction of sp³-hybridized carbons (Fsp3) is 0.231. The number of nitrogens with one attached hydrogen (secondary N) is 1. The van der Waals surface area contributed by atoms with Crippen LogP contribution in [0.4, 0.5) is 5.95 Å².